The fourth-order valence-corrected chi connectivity index (χ4v) is 0.644. The number of primary amides is 2. The Labute approximate surface area is 68.5 Å². The van der Waals surface area contributed by atoms with Crippen LogP contribution in [0.15, 0.2) is 11.1 Å². The average Bonchev–Trinajstić information content (AvgIpc) is 1.98. The van der Waals surface area contributed by atoms with Crippen LogP contribution in [0.3, 0.4) is 0 Å². The monoisotopic (exact) mass is 174 g/mol. The van der Waals surface area contributed by atoms with E-state index < -0.39 is 25.0 Å². The van der Waals surface area contributed by atoms with E-state index in [-0.39, 0.29) is 11.1 Å². The number of carbonyl (C=O) groups excluding carboxylic acids is 2. The average molecular weight is 174 g/mol. The van der Waals surface area contributed by atoms with E-state index in [0.29, 0.717) is 0 Å². The number of aliphatic hydroxyl groups is 2. The van der Waals surface area contributed by atoms with E-state index in [1.165, 1.54) is 0 Å². The molecule has 0 rings (SSSR count). The van der Waals surface area contributed by atoms with Gasteiger partial charge in [0, 0.05) is 0 Å². The van der Waals surface area contributed by atoms with E-state index in [9.17, 15) is 9.59 Å². The predicted octanol–water partition coefficient (Wildman–Crippen LogP) is -2.76. The Kier molecular flexibility index (Phi) is 3.95. The molecule has 0 aromatic heterocycles. The van der Waals surface area contributed by atoms with Gasteiger partial charge in [0.05, 0.1) is 24.4 Å². The van der Waals surface area contributed by atoms with Gasteiger partial charge in [-0.2, -0.15) is 0 Å². The molecule has 0 aliphatic heterocycles. The SMILES string of the molecule is NC(=O)/C(CO)=C(\CO)C(N)=O. The maximum atomic E-state index is 10.5. The Bertz CT molecular complexity index is 210. The van der Waals surface area contributed by atoms with Crippen LogP contribution in [0.25, 0.3) is 0 Å². The standard InChI is InChI=1S/C6H10N2O4/c7-5(11)3(1-9)4(2-10)6(8)12/h9-10H,1-2H2,(H2,7,11)(H2,8,12)/b4-3+. The minimum Gasteiger partial charge on any atom is -0.391 e. The van der Waals surface area contributed by atoms with Crippen LogP contribution >= 0.6 is 0 Å². The van der Waals surface area contributed by atoms with Crippen LogP contribution in [0.2, 0.25) is 0 Å². The number of amides is 2. The van der Waals surface area contributed by atoms with Crippen LogP contribution in [0.5, 0.6) is 0 Å². The molecule has 2 amide bonds. The Balaban J connectivity index is 5.01. The topological polar surface area (TPSA) is 127 Å². The summed E-state index contributed by atoms with van der Waals surface area (Å²) in [4.78, 5) is 21.0. The largest absolute Gasteiger partial charge is 0.391 e. The Morgan fingerprint density at radius 3 is 1.25 bits per heavy atom. The van der Waals surface area contributed by atoms with E-state index in [1.54, 1.807) is 0 Å². The van der Waals surface area contributed by atoms with Gasteiger partial charge in [-0.3, -0.25) is 9.59 Å². The van der Waals surface area contributed by atoms with Gasteiger partial charge >= 0.3 is 0 Å². The minimum absolute atomic E-state index is 0.356. The van der Waals surface area contributed by atoms with Gasteiger partial charge < -0.3 is 21.7 Å². The van der Waals surface area contributed by atoms with E-state index in [2.05, 4.69) is 0 Å². The maximum Gasteiger partial charge on any atom is 0.247 e. The zero-order valence-electron chi connectivity index (χ0n) is 6.28. The van der Waals surface area contributed by atoms with Crippen LogP contribution in [0.4, 0.5) is 0 Å². The number of rotatable bonds is 4. The molecule has 6 N–H and O–H groups in total. The molecule has 0 saturated carbocycles. The third-order valence-electron chi connectivity index (χ3n) is 1.28. The normalized spacial score (nSPS) is 12.2. The fourth-order valence-electron chi connectivity index (χ4n) is 0.644. The van der Waals surface area contributed by atoms with Crippen molar-refractivity contribution in [3.63, 3.8) is 0 Å². The van der Waals surface area contributed by atoms with E-state index in [0.717, 1.165) is 0 Å². The van der Waals surface area contributed by atoms with Crippen molar-refractivity contribution in [2.75, 3.05) is 13.2 Å². The fraction of sp³-hybridized carbons (Fsp3) is 0.333. The molecular formula is C6H10N2O4. The first-order chi connectivity index (χ1) is 5.54. The molecule has 0 unspecified atom stereocenters. The first kappa shape index (κ1) is 10.6. The summed E-state index contributed by atoms with van der Waals surface area (Å²) in [6.45, 7) is -1.43. The van der Waals surface area contributed by atoms with Crippen LogP contribution in [0.1, 0.15) is 0 Å². The second-order valence-electron chi connectivity index (χ2n) is 2.00. The van der Waals surface area contributed by atoms with Gasteiger partial charge in [-0.25, -0.2) is 0 Å². The molecule has 0 radical (unpaired) electrons. The van der Waals surface area contributed by atoms with Crippen molar-refractivity contribution in [1.29, 1.82) is 0 Å². The zero-order chi connectivity index (χ0) is 9.72. The number of carbonyl (C=O) groups is 2. The lowest BCUT2D eigenvalue weighted by molar-refractivity contribution is -0.117. The number of aliphatic hydroxyl groups excluding tert-OH is 2. The maximum absolute atomic E-state index is 10.5. The summed E-state index contributed by atoms with van der Waals surface area (Å²) in [5, 5.41) is 17.1. The molecule has 0 bridgehead atoms. The summed E-state index contributed by atoms with van der Waals surface area (Å²) in [6.07, 6.45) is 0. The molecule has 0 saturated heterocycles. The summed E-state index contributed by atoms with van der Waals surface area (Å²) in [5.74, 6) is -1.94. The van der Waals surface area contributed by atoms with Gasteiger partial charge in [0.25, 0.3) is 0 Å². The highest BCUT2D eigenvalue weighted by molar-refractivity contribution is 6.03. The zero-order valence-corrected chi connectivity index (χ0v) is 6.28. The molecule has 68 valence electrons. The molecule has 6 heteroatoms. The van der Waals surface area contributed by atoms with Gasteiger partial charge in [0.15, 0.2) is 0 Å². The predicted molar refractivity (Wildman–Crippen MR) is 39.6 cm³/mol. The van der Waals surface area contributed by atoms with Gasteiger partial charge in [-0.1, -0.05) is 0 Å². The first-order valence-electron chi connectivity index (χ1n) is 3.08. The van der Waals surface area contributed by atoms with Gasteiger partial charge in [0.2, 0.25) is 11.8 Å². The summed E-state index contributed by atoms with van der Waals surface area (Å²) in [6, 6.07) is 0. The van der Waals surface area contributed by atoms with E-state index in [4.69, 9.17) is 21.7 Å². The molecule has 0 spiro atoms. The number of hydrogen-bond acceptors (Lipinski definition) is 4. The van der Waals surface area contributed by atoms with Crippen molar-refractivity contribution in [3.8, 4) is 0 Å². The second kappa shape index (κ2) is 4.47. The van der Waals surface area contributed by atoms with Gasteiger partial charge in [-0.15, -0.1) is 0 Å². The van der Waals surface area contributed by atoms with Crippen molar-refractivity contribution >= 4 is 11.8 Å². The molecule has 0 heterocycles. The van der Waals surface area contributed by atoms with Crippen molar-refractivity contribution in [3.05, 3.63) is 11.1 Å². The third kappa shape index (κ3) is 2.33. The second-order valence-corrected chi connectivity index (χ2v) is 2.00. The molecule has 0 aliphatic carbocycles. The highest BCUT2D eigenvalue weighted by Gasteiger charge is 2.14. The summed E-state index contributed by atoms with van der Waals surface area (Å²) in [5.41, 5.74) is 8.86. The Morgan fingerprint density at radius 1 is 0.917 bits per heavy atom. The highest BCUT2D eigenvalue weighted by Crippen LogP contribution is 2.01. The molecular weight excluding hydrogens is 164 g/mol. The summed E-state index contributed by atoms with van der Waals surface area (Å²) >= 11 is 0. The van der Waals surface area contributed by atoms with Crippen molar-refractivity contribution in [1.82, 2.24) is 0 Å². The first-order valence-corrected chi connectivity index (χ1v) is 3.08. The van der Waals surface area contributed by atoms with Crippen molar-refractivity contribution < 1.29 is 19.8 Å². The molecule has 12 heavy (non-hydrogen) atoms. The summed E-state index contributed by atoms with van der Waals surface area (Å²) < 4.78 is 0. The molecule has 0 aromatic rings. The highest BCUT2D eigenvalue weighted by atomic mass is 16.3. The van der Waals surface area contributed by atoms with Crippen molar-refractivity contribution in [2.24, 2.45) is 11.5 Å². The molecule has 0 aromatic carbocycles. The van der Waals surface area contributed by atoms with Crippen LogP contribution in [0, 0.1) is 0 Å². The third-order valence-corrected chi connectivity index (χ3v) is 1.28. The quantitative estimate of drug-likeness (QED) is 0.344. The van der Waals surface area contributed by atoms with Crippen LogP contribution < -0.4 is 11.5 Å². The van der Waals surface area contributed by atoms with Gasteiger partial charge in [-0.05, 0) is 0 Å². The lowest BCUT2D eigenvalue weighted by Gasteiger charge is -2.03. The van der Waals surface area contributed by atoms with E-state index >= 15 is 0 Å². The van der Waals surface area contributed by atoms with Gasteiger partial charge in [0.1, 0.15) is 0 Å². The Hall–Kier alpha value is -1.40. The lowest BCUT2D eigenvalue weighted by atomic mass is 10.1. The smallest absolute Gasteiger partial charge is 0.247 e. The lowest BCUT2D eigenvalue weighted by Crippen LogP contribution is -2.26. The van der Waals surface area contributed by atoms with E-state index in [1.807, 2.05) is 0 Å². The summed E-state index contributed by atoms with van der Waals surface area (Å²) in [7, 11) is 0. The molecule has 0 atom stereocenters. The molecule has 0 aliphatic rings. The van der Waals surface area contributed by atoms with Crippen molar-refractivity contribution in [2.45, 2.75) is 0 Å². The molecule has 0 fully saturated rings. The van der Waals surface area contributed by atoms with Crippen LogP contribution in [-0.4, -0.2) is 35.2 Å². The van der Waals surface area contributed by atoms with Crippen LogP contribution in [-0.2, 0) is 9.59 Å². The minimum atomic E-state index is -0.972. The number of hydrogen-bond donors (Lipinski definition) is 4. The number of nitrogens with two attached hydrogens (primary N) is 2. The Morgan fingerprint density at radius 2 is 1.17 bits per heavy atom. The molecule has 6 nitrogen and oxygen atoms in total.